The second-order valence-electron chi connectivity index (χ2n) is 16.8. The monoisotopic (exact) mass is 778 g/mol. The summed E-state index contributed by atoms with van der Waals surface area (Å²) < 4.78 is 13.3. The minimum absolute atomic E-state index is 0.137. The minimum atomic E-state index is -0.781. The maximum Gasteiger partial charge on any atom is 0.410 e. The molecule has 3 heterocycles. The first-order valence-corrected chi connectivity index (χ1v) is 20.2. The molecule has 2 amide bonds. The number of nitrogens with zero attached hydrogens (tertiary/aromatic N) is 9. The molecule has 2 fully saturated rings. The van der Waals surface area contributed by atoms with Crippen molar-refractivity contribution in [3.8, 4) is 0 Å². The van der Waals surface area contributed by atoms with Crippen LogP contribution < -0.4 is 10.2 Å². The van der Waals surface area contributed by atoms with E-state index in [4.69, 9.17) is 24.5 Å². The predicted molar refractivity (Wildman–Crippen MR) is 215 cm³/mol. The van der Waals surface area contributed by atoms with Gasteiger partial charge in [-0.2, -0.15) is 4.98 Å². The van der Waals surface area contributed by atoms with Crippen LogP contribution in [0.5, 0.6) is 0 Å². The van der Waals surface area contributed by atoms with Crippen molar-refractivity contribution >= 4 is 40.8 Å². The Morgan fingerprint density at radius 1 is 0.857 bits per heavy atom. The quantitative estimate of drug-likeness (QED) is 0.173. The number of amides is 2. The van der Waals surface area contributed by atoms with E-state index in [0.717, 1.165) is 74.3 Å². The van der Waals surface area contributed by atoms with Crippen LogP contribution in [0, 0.1) is 0 Å². The molecule has 5 rings (SSSR count). The molecule has 0 spiro atoms. The molecule has 1 saturated heterocycles. The lowest BCUT2D eigenvalue weighted by Gasteiger charge is -2.36. The van der Waals surface area contributed by atoms with Crippen molar-refractivity contribution in [2.24, 2.45) is 0 Å². The highest BCUT2D eigenvalue weighted by Crippen LogP contribution is 2.27. The molecule has 1 aliphatic carbocycles. The molecule has 2 aliphatic rings. The molecule has 308 valence electrons. The molecule has 0 atom stereocenters. The summed E-state index contributed by atoms with van der Waals surface area (Å²) in [5.41, 5.74) is 0.339. The number of hydrogen-bond donors (Lipinski definition) is 2. The largest absolute Gasteiger partial charge is 0.481 e. The Bertz CT molecular complexity index is 1740. The van der Waals surface area contributed by atoms with Gasteiger partial charge in [0.2, 0.25) is 5.95 Å². The van der Waals surface area contributed by atoms with E-state index < -0.39 is 17.2 Å². The lowest BCUT2D eigenvalue weighted by atomic mass is 9.94. The molecule has 56 heavy (non-hydrogen) atoms. The summed E-state index contributed by atoms with van der Waals surface area (Å²) in [4.78, 5) is 55.3. The van der Waals surface area contributed by atoms with Crippen LogP contribution in [0.1, 0.15) is 98.6 Å². The first kappa shape index (κ1) is 42.4. The number of carboxylic acid groups (broad SMARTS) is 1. The van der Waals surface area contributed by atoms with Crippen molar-refractivity contribution in [1.29, 1.82) is 0 Å². The van der Waals surface area contributed by atoms with Gasteiger partial charge >= 0.3 is 18.2 Å². The van der Waals surface area contributed by atoms with E-state index >= 15 is 0 Å². The van der Waals surface area contributed by atoms with E-state index in [1.165, 1.54) is 6.42 Å². The molecule has 1 aliphatic heterocycles. The number of piperazine rings is 1. The fourth-order valence-electron chi connectivity index (χ4n) is 7.13. The number of benzene rings is 1. The summed E-state index contributed by atoms with van der Waals surface area (Å²) in [6, 6.07) is 8.09. The summed E-state index contributed by atoms with van der Waals surface area (Å²) in [5, 5.41) is 22.1. The molecule has 16 heteroatoms. The highest BCUT2D eigenvalue weighted by molar-refractivity contribution is 5.90. The second-order valence-corrected chi connectivity index (χ2v) is 16.8. The molecule has 0 unspecified atom stereocenters. The second kappa shape index (κ2) is 19.4. The van der Waals surface area contributed by atoms with Crippen LogP contribution in [0.15, 0.2) is 30.5 Å². The van der Waals surface area contributed by atoms with Crippen LogP contribution in [0.4, 0.5) is 21.4 Å². The van der Waals surface area contributed by atoms with Gasteiger partial charge in [0.1, 0.15) is 22.7 Å². The number of rotatable bonds is 16. The average Bonchev–Trinajstić information content (AvgIpc) is 3.60. The number of hydrogen-bond acceptors (Lipinski definition) is 12. The van der Waals surface area contributed by atoms with E-state index in [-0.39, 0.29) is 24.6 Å². The van der Waals surface area contributed by atoms with Crippen LogP contribution in [-0.2, 0) is 27.4 Å². The van der Waals surface area contributed by atoms with E-state index in [2.05, 4.69) is 25.4 Å². The molecule has 2 aromatic heterocycles. The predicted octanol–water partition coefficient (Wildman–Crippen LogP) is 6.02. The number of anilines is 2. The first-order valence-electron chi connectivity index (χ1n) is 20.2. The Morgan fingerprint density at radius 2 is 1.54 bits per heavy atom. The SMILES string of the molecule is CC(C)(C)OC(=O)N(CCCN(C(=O)OC(C)(C)C)C1CCCCC1)CCCn1cc(CNc2nc(N3CCN(CCC(=O)O)CC3)c3ccccc3n2)nn1. The zero-order chi connectivity index (χ0) is 40.3. The number of carbonyl (C=O) groups excluding carboxylic acids is 2. The molecule has 16 nitrogen and oxygen atoms in total. The van der Waals surface area contributed by atoms with Gasteiger partial charge in [-0.3, -0.25) is 14.4 Å². The van der Waals surface area contributed by atoms with Crippen molar-refractivity contribution in [3.63, 3.8) is 0 Å². The zero-order valence-corrected chi connectivity index (χ0v) is 34.2. The summed E-state index contributed by atoms with van der Waals surface area (Å²) >= 11 is 0. The van der Waals surface area contributed by atoms with Gasteiger partial charge in [0, 0.05) is 70.3 Å². The summed E-state index contributed by atoms with van der Waals surface area (Å²) in [7, 11) is 0. The summed E-state index contributed by atoms with van der Waals surface area (Å²) in [6.45, 7) is 17.1. The highest BCUT2D eigenvalue weighted by atomic mass is 16.6. The van der Waals surface area contributed by atoms with Gasteiger partial charge in [-0.15, -0.1) is 5.10 Å². The number of fused-ring (bicyclic) bond motifs is 1. The lowest BCUT2D eigenvalue weighted by molar-refractivity contribution is -0.137. The maximum atomic E-state index is 13.3. The highest BCUT2D eigenvalue weighted by Gasteiger charge is 2.30. The van der Waals surface area contributed by atoms with Crippen molar-refractivity contribution in [2.75, 3.05) is 62.6 Å². The Balaban J connectivity index is 1.16. The number of ether oxygens (including phenoxy) is 2. The number of aryl methyl sites for hydroxylation is 1. The van der Waals surface area contributed by atoms with Gasteiger partial charge in [0.25, 0.3) is 0 Å². The van der Waals surface area contributed by atoms with Crippen molar-refractivity contribution in [2.45, 2.75) is 123 Å². The fraction of sp³-hybridized carbons (Fsp3) is 0.675. The first-order chi connectivity index (χ1) is 26.6. The summed E-state index contributed by atoms with van der Waals surface area (Å²) in [6.07, 6.45) is 7.92. The van der Waals surface area contributed by atoms with Crippen molar-refractivity contribution in [1.82, 2.24) is 39.7 Å². The molecule has 3 aromatic rings. The number of carboxylic acids is 1. The minimum Gasteiger partial charge on any atom is -0.481 e. The van der Waals surface area contributed by atoms with E-state index in [0.29, 0.717) is 58.1 Å². The number of carbonyl (C=O) groups is 3. The average molecular weight is 779 g/mol. The maximum absolute atomic E-state index is 13.3. The summed E-state index contributed by atoms with van der Waals surface area (Å²) in [5.74, 6) is 0.556. The molecular weight excluding hydrogens is 717 g/mol. The molecule has 0 bridgehead atoms. The Labute approximate surface area is 330 Å². The fourth-order valence-corrected chi connectivity index (χ4v) is 7.13. The van der Waals surface area contributed by atoms with Gasteiger partial charge < -0.3 is 34.6 Å². The van der Waals surface area contributed by atoms with Crippen LogP contribution in [-0.4, -0.2) is 133 Å². The number of aromatic nitrogens is 5. The number of para-hydroxylation sites is 1. The van der Waals surface area contributed by atoms with E-state index in [1.54, 1.807) is 9.58 Å². The number of nitrogens with one attached hydrogen (secondary N) is 1. The van der Waals surface area contributed by atoms with E-state index in [1.807, 2.05) is 76.9 Å². The van der Waals surface area contributed by atoms with Gasteiger partial charge in [-0.1, -0.05) is 36.6 Å². The lowest BCUT2D eigenvalue weighted by Crippen LogP contribution is -2.47. The molecular formula is C40H62N10O6. The molecule has 1 saturated carbocycles. The van der Waals surface area contributed by atoms with Gasteiger partial charge in [0.05, 0.1) is 24.7 Å². The van der Waals surface area contributed by atoms with Gasteiger partial charge in [-0.05, 0) is 79.4 Å². The topological polar surface area (TPSA) is 171 Å². The van der Waals surface area contributed by atoms with Crippen molar-refractivity contribution < 1.29 is 29.0 Å². The van der Waals surface area contributed by atoms with Crippen molar-refractivity contribution in [3.05, 3.63) is 36.2 Å². The molecule has 2 N–H and O–H groups in total. The Morgan fingerprint density at radius 3 is 2.23 bits per heavy atom. The van der Waals surface area contributed by atoms with Crippen LogP contribution in [0.25, 0.3) is 10.9 Å². The van der Waals surface area contributed by atoms with Crippen LogP contribution in [0.3, 0.4) is 0 Å². The van der Waals surface area contributed by atoms with E-state index in [9.17, 15) is 14.4 Å². The third kappa shape index (κ3) is 13.2. The van der Waals surface area contributed by atoms with Crippen LogP contribution in [0.2, 0.25) is 0 Å². The number of aliphatic carboxylic acids is 1. The normalized spacial score (nSPS) is 15.8. The Hall–Kier alpha value is -4.73. The third-order valence-electron chi connectivity index (χ3n) is 9.85. The standard InChI is InChI=1S/C40H62N10O6/c1-39(2,3)55-37(53)48(20-13-22-50(31-14-8-7-9-15-31)38(54)56-40(4,5)6)19-12-21-49-29-30(44-45-49)28-41-36-42-33-17-11-10-16-32(33)35(43-36)47-26-24-46(25-27-47)23-18-34(51)52/h10-11,16-17,29,31H,7-9,12-15,18-28H2,1-6H3,(H,51,52)(H,41,42,43). The zero-order valence-electron chi connectivity index (χ0n) is 34.2. The smallest absolute Gasteiger partial charge is 0.410 e. The molecule has 1 aromatic carbocycles. The van der Waals surface area contributed by atoms with Crippen LogP contribution >= 0.6 is 0 Å². The van der Waals surface area contributed by atoms with Gasteiger partial charge in [0.15, 0.2) is 0 Å². The Kier molecular flexibility index (Phi) is 14.7. The van der Waals surface area contributed by atoms with Gasteiger partial charge in [-0.25, -0.2) is 14.6 Å². The molecule has 0 radical (unpaired) electrons. The third-order valence-corrected chi connectivity index (χ3v) is 9.85.